The highest BCUT2D eigenvalue weighted by atomic mass is 19.1. The van der Waals surface area contributed by atoms with Crippen LogP contribution in [0, 0.1) is 18.7 Å². The number of carbonyl (C=O) groups excluding carboxylic acids is 1. The summed E-state index contributed by atoms with van der Waals surface area (Å²) in [5, 5.41) is 3.18. The summed E-state index contributed by atoms with van der Waals surface area (Å²) in [5.41, 5.74) is 2.89. The summed E-state index contributed by atoms with van der Waals surface area (Å²) in [7, 11) is 0. The topological polar surface area (TPSA) is 47.2 Å². The van der Waals surface area contributed by atoms with Crippen molar-refractivity contribution in [2.75, 3.05) is 5.32 Å². The second kappa shape index (κ2) is 8.05. The van der Waals surface area contributed by atoms with E-state index in [0.29, 0.717) is 6.54 Å². The van der Waals surface area contributed by atoms with Crippen molar-refractivity contribution in [3.63, 3.8) is 0 Å². The SMILES string of the molecule is Cc1cn(Cc2ccc(F)cc2)c(NC(=O)C2CCCCC2)c1-c1ccco1. The van der Waals surface area contributed by atoms with Gasteiger partial charge in [0, 0.05) is 18.7 Å². The molecule has 0 saturated heterocycles. The lowest BCUT2D eigenvalue weighted by Gasteiger charge is -2.22. The van der Waals surface area contributed by atoms with Gasteiger partial charge in [-0.15, -0.1) is 0 Å². The van der Waals surface area contributed by atoms with Gasteiger partial charge in [0.15, 0.2) is 0 Å². The van der Waals surface area contributed by atoms with E-state index < -0.39 is 0 Å². The third kappa shape index (κ3) is 3.88. The predicted octanol–water partition coefficient (Wildman–Crippen LogP) is 5.76. The number of furan rings is 1. The Morgan fingerprint density at radius 2 is 1.93 bits per heavy atom. The highest BCUT2D eigenvalue weighted by molar-refractivity contribution is 5.96. The first kappa shape index (κ1) is 18.5. The third-order valence-corrected chi connectivity index (χ3v) is 5.52. The molecule has 1 fully saturated rings. The molecule has 0 unspecified atom stereocenters. The van der Waals surface area contributed by atoms with Crippen LogP contribution in [-0.2, 0) is 11.3 Å². The van der Waals surface area contributed by atoms with E-state index >= 15 is 0 Å². The van der Waals surface area contributed by atoms with Gasteiger partial charge >= 0.3 is 0 Å². The number of nitrogens with zero attached hydrogens (tertiary/aromatic N) is 1. The van der Waals surface area contributed by atoms with Gasteiger partial charge in [0.2, 0.25) is 5.91 Å². The molecule has 0 atom stereocenters. The quantitative estimate of drug-likeness (QED) is 0.611. The van der Waals surface area contributed by atoms with Crippen molar-refractivity contribution in [1.82, 2.24) is 4.57 Å². The van der Waals surface area contributed by atoms with Gasteiger partial charge in [0.25, 0.3) is 0 Å². The summed E-state index contributed by atoms with van der Waals surface area (Å²) in [4.78, 5) is 12.9. The minimum atomic E-state index is -0.255. The Labute approximate surface area is 164 Å². The van der Waals surface area contributed by atoms with E-state index in [1.807, 2.05) is 29.8 Å². The lowest BCUT2D eigenvalue weighted by Crippen LogP contribution is -2.26. The van der Waals surface area contributed by atoms with E-state index in [2.05, 4.69) is 5.32 Å². The van der Waals surface area contributed by atoms with E-state index in [4.69, 9.17) is 4.42 Å². The molecule has 0 aliphatic heterocycles. The Bertz CT molecular complexity index is 936. The first-order valence-corrected chi connectivity index (χ1v) is 9.91. The van der Waals surface area contributed by atoms with Crippen LogP contribution >= 0.6 is 0 Å². The molecule has 2 aromatic heterocycles. The maximum absolute atomic E-state index is 13.3. The summed E-state index contributed by atoms with van der Waals surface area (Å²) >= 11 is 0. The van der Waals surface area contributed by atoms with Crippen molar-refractivity contribution in [1.29, 1.82) is 0 Å². The molecule has 1 amide bonds. The van der Waals surface area contributed by atoms with Crippen LogP contribution in [0.25, 0.3) is 11.3 Å². The zero-order chi connectivity index (χ0) is 19.5. The molecule has 1 aliphatic carbocycles. The van der Waals surface area contributed by atoms with Crippen LogP contribution in [0.5, 0.6) is 0 Å². The van der Waals surface area contributed by atoms with E-state index in [1.54, 1.807) is 18.4 Å². The van der Waals surface area contributed by atoms with Crippen LogP contribution in [0.3, 0.4) is 0 Å². The van der Waals surface area contributed by atoms with Gasteiger partial charge in [-0.3, -0.25) is 4.79 Å². The average Bonchev–Trinajstić information content (AvgIpc) is 3.32. The van der Waals surface area contributed by atoms with Crippen LogP contribution in [-0.4, -0.2) is 10.5 Å². The fourth-order valence-corrected chi connectivity index (χ4v) is 4.05. The minimum Gasteiger partial charge on any atom is -0.464 e. The van der Waals surface area contributed by atoms with E-state index in [0.717, 1.165) is 54.0 Å². The second-order valence-corrected chi connectivity index (χ2v) is 7.59. The maximum Gasteiger partial charge on any atom is 0.228 e. The number of carbonyl (C=O) groups is 1. The standard InChI is InChI=1S/C23H25FN2O2/c1-16-14-26(15-17-9-11-19(24)12-10-17)22(21(16)20-8-5-13-28-20)25-23(27)18-6-3-2-4-7-18/h5,8-14,18H,2-4,6-7,15H2,1H3,(H,25,27). The lowest BCUT2D eigenvalue weighted by atomic mass is 9.88. The Kier molecular flexibility index (Phi) is 5.33. The van der Waals surface area contributed by atoms with Gasteiger partial charge in [0.05, 0.1) is 11.8 Å². The number of rotatable bonds is 5. The van der Waals surface area contributed by atoms with Crippen LogP contribution in [0.1, 0.15) is 43.2 Å². The van der Waals surface area contributed by atoms with Crippen LogP contribution in [0.4, 0.5) is 10.2 Å². The molecule has 4 rings (SSSR count). The van der Waals surface area contributed by atoms with Gasteiger partial charge in [-0.2, -0.15) is 0 Å². The molecular formula is C23H25FN2O2. The molecule has 1 aromatic carbocycles. The summed E-state index contributed by atoms with van der Waals surface area (Å²) in [6, 6.07) is 10.2. The summed E-state index contributed by atoms with van der Waals surface area (Å²) < 4.78 is 20.9. The van der Waals surface area contributed by atoms with Crippen LogP contribution < -0.4 is 5.32 Å². The van der Waals surface area contributed by atoms with Gasteiger partial charge in [0.1, 0.15) is 17.4 Å². The van der Waals surface area contributed by atoms with Crippen molar-refractivity contribution < 1.29 is 13.6 Å². The smallest absolute Gasteiger partial charge is 0.228 e. The number of halogens is 1. The van der Waals surface area contributed by atoms with Crippen molar-refractivity contribution in [3.8, 4) is 11.3 Å². The van der Waals surface area contributed by atoms with Crippen molar-refractivity contribution in [3.05, 3.63) is 65.8 Å². The minimum absolute atomic E-state index is 0.0627. The number of benzene rings is 1. The van der Waals surface area contributed by atoms with E-state index in [9.17, 15) is 9.18 Å². The first-order valence-electron chi connectivity index (χ1n) is 9.91. The summed E-state index contributed by atoms with van der Waals surface area (Å²) in [6.45, 7) is 2.55. The number of aryl methyl sites for hydroxylation is 1. The molecule has 146 valence electrons. The van der Waals surface area contributed by atoms with Crippen molar-refractivity contribution in [2.45, 2.75) is 45.6 Å². The molecule has 28 heavy (non-hydrogen) atoms. The Hall–Kier alpha value is -2.82. The van der Waals surface area contributed by atoms with Gasteiger partial charge in [-0.05, 0) is 55.2 Å². The third-order valence-electron chi connectivity index (χ3n) is 5.52. The summed E-state index contributed by atoms with van der Waals surface area (Å²) in [6.07, 6.45) is 8.97. The largest absolute Gasteiger partial charge is 0.464 e. The molecule has 1 saturated carbocycles. The van der Waals surface area contributed by atoms with Gasteiger partial charge in [-0.1, -0.05) is 31.4 Å². The molecule has 1 N–H and O–H groups in total. The zero-order valence-corrected chi connectivity index (χ0v) is 16.1. The van der Waals surface area contributed by atoms with E-state index in [-0.39, 0.29) is 17.6 Å². The van der Waals surface area contributed by atoms with Crippen LogP contribution in [0.2, 0.25) is 0 Å². The molecule has 1 aliphatic rings. The number of anilines is 1. The van der Waals surface area contributed by atoms with Crippen molar-refractivity contribution in [2.24, 2.45) is 5.92 Å². The molecule has 0 radical (unpaired) electrons. The molecule has 4 nitrogen and oxygen atoms in total. The Morgan fingerprint density at radius 1 is 1.18 bits per heavy atom. The second-order valence-electron chi connectivity index (χ2n) is 7.59. The molecule has 0 spiro atoms. The highest BCUT2D eigenvalue weighted by Crippen LogP contribution is 2.35. The number of hydrogen-bond acceptors (Lipinski definition) is 2. The molecule has 2 heterocycles. The number of amides is 1. The Morgan fingerprint density at radius 3 is 2.61 bits per heavy atom. The monoisotopic (exact) mass is 380 g/mol. The van der Waals surface area contributed by atoms with Gasteiger partial charge < -0.3 is 14.3 Å². The lowest BCUT2D eigenvalue weighted by molar-refractivity contribution is -0.120. The average molecular weight is 380 g/mol. The Balaban J connectivity index is 1.68. The number of hydrogen-bond donors (Lipinski definition) is 1. The van der Waals surface area contributed by atoms with E-state index in [1.165, 1.54) is 18.6 Å². The number of nitrogens with one attached hydrogen (secondary N) is 1. The first-order chi connectivity index (χ1) is 13.6. The molecule has 5 heteroatoms. The normalized spacial score (nSPS) is 14.9. The van der Waals surface area contributed by atoms with Gasteiger partial charge in [-0.25, -0.2) is 4.39 Å². The fraction of sp³-hybridized carbons (Fsp3) is 0.348. The highest BCUT2D eigenvalue weighted by Gasteiger charge is 2.25. The number of aromatic nitrogens is 1. The fourth-order valence-electron chi connectivity index (χ4n) is 4.05. The molecule has 3 aromatic rings. The molecule has 0 bridgehead atoms. The maximum atomic E-state index is 13.3. The van der Waals surface area contributed by atoms with Crippen molar-refractivity contribution >= 4 is 11.7 Å². The van der Waals surface area contributed by atoms with Crippen LogP contribution in [0.15, 0.2) is 53.3 Å². The zero-order valence-electron chi connectivity index (χ0n) is 16.1. The summed E-state index contributed by atoms with van der Waals surface area (Å²) in [5.74, 6) is 1.36. The molecular weight excluding hydrogens is 355 g/mol. The predicted molar refractivity (Wildman–Crippen MR) is 108 cm³/mol.